The maximum absolute atomic E-state index is 5.77. The molecule has 3 aliphatic rings. The predicted molar refractivity (Wildman–Crippen MR) is 80.0 cm³/mol. The van der Waals surface area contributed by atoms with Crippen molar-refractivity contribution in [1.29, 1.82) is 0 Å². The molecule has 1 saturated carbocycles. The summed E-state index contributed by atoms with van der Waals surface area (Å²) in [5.74, 6) is 0.676. The van der Waals surface area contributed by atoms with E-state index in [4.69, 9.17) is 9.47 Å². The summed E-state index contributed by atoms with van der Waals surface area (Å²) in [6.45, 7) is 5.91. The molecule has 0 bridgehead atoms. The average molecular weight is 282 g/mol. The fourth-order valence-corrected chi connectivity index (χ4v) is 4.79. The summed E-state index contributed by atoms with van der Waals surface area (Å²) in [7, 11) is 2.15. The van der Waals surface area contributed by atoms with Crippen molar-refractivity contribution in [3.63, 3.8) is 0 Å². The zero-order valence-corrected chi connectivity index (χ0v) is 12.9. The summed E-state index contributed by atoms with van der Waals surface area (Å²) in [5, 5.41) is 3.69. The Morgan fingerprint density at radius 2 is 1.80 bits per heavy atom. The third-order valence-corrected chi connectivity index (χ3v) is 5.67. The summed E-state index contributed by atoms with van der Waals surface area (Å²) >= 11 is 0. The highest BCUT2D eigenvalue weighted by atomic mass is 16.5. The SMILES string of the molecule is CNC(C1CCCOC1)C1(N2CCOCC2)CCCC1. The normalized spacial score (nSPS) is 33.1. The first kappa shape index (κ1) is 14.8. The molecule has 0 aromatic heterocycles. The molecule has 1 N–H and O–H groups in total. The van der Waals surface area contributed by atoms with E-state index < -0.39 is 0 Å². The Hall–Kier alpha value is -0.160. The van der Waals surface area contributed by atoms with Crippen molar-refractivity contribution in [3.8, 4) is 0 Å². The largest absolute Gasteiger partial charge is 0.381 e. The first-order valence-corrected chi connectivity index (χ1v) is 8.45. The topological polar surface area (TPSA) is 33.7 Å². The highest BCUT2D eigenvalue weighted by Crippen LogP contribution is 2.42. The van der Waals surface area contributed by atoms with E-state index in [9.17, 15) is 0 Å². The highest BCUT2D eigenvalue weighted by molar-refractivity contribution is 5.06. The standard InChI is InChI=1S/C16H30N2O2/c1-17-15(14-5-4-10-20-13-14)16(6-2-3-7-16)18-8-11-19-12-9-18/h14-15,17H,2-13H2,1H3. The molecule has 3 fully saturated rings. The number of nitrogens with one attached hydrogen (secondary N) is 1. The van der Waals surface area contributed by atoms with Gasteiger partial charge in [-0.25, -0.2) is 0 Å². The summed E-state index contributed by atoms with van der Waals surface area (Å²) in [6, 6.07) is 0.573. The molecular weight excluding hydrogens is 252 g/mol. The smallest absolute Gasteiger partial charge is 0.0594 e. The maximum atomic E-state index is 5.77. The van der Waals surface area contributed by atoms with Gasteiger partial charge in [0.15, 0.2) is 0 Å². The number of rotatable bonds is 4. The number of likely N-dealkylation sites (N-methyl/N-ethyl adjacent to an activating group) is 1. The van der Waals surface area contributed by atoms with Gasteiger partial charge in [-0.2, -0.15) is 0 Å². The number of morpholine rings is 1. The maximum Gasteiger partial charge on any atom is 0.0594 e. The highest BCUT2D eigenvalue weighted by Gasteiger charge is 2.48. The van der Waals surface area contributed by atoms with Gasteiger partial charge in [0.1, 0.15) is 0 Å². The Labute approximate surface area is 123 Å². The van der Waals surface area contributed by atoms with E-state index in [1.807, 2.05) is 0 Å². The summed E-state index contributed by atoms with van der Waals surface area (Å²) in [5.41, 5.74) is 0.351. The molecule has 2 aliphatic heterocycles. The van der Waals surface area contributed by atoms with Crippen LogP contribution in [0.4, 0.5) is 0 Å². The van der Waals surface area contributed by atoms with Crippen LogP contribution in [-0.2, 0) is 9.47 Å². The Kier molecular flexibility index (Phi) is 4.97. The quantitative estimate of drug-likeness (QED) is 0.850. The Balaban J connectivity index is 1.79. The molecule has 2 atom stereocenters. The van der Waals surface area contributed by atoms with Crippen LogP contribution in [0.5, 0.6) is 0 Å². The molecule has 2 heterocycles. The van der Waals surface area contributed by atoms with Gasteiger partial charge < -0.3 is 14.8 Å². The van der Waals surface area contributed by atoms with Gasteiger partial charge in [-0.15, -0.1) is 0 Å². The van der Waals surface area contributed by atoms with Gasteiger partial charge in [0.25, 0.3) is 0 Å². The lowest BCUT2D eigenvalue weighted by Crippen LogP contribution is -2.64. The fraction of sp³-hybridized carbons (Fsp3) is 1.00. The number of hydrogen-bond acceptors (Lipinski definition) is 4. The molecule has 1 aliphatic carbocycles. The molecule has 0 aromatic rings. The van der Waals surface area contributed by atoms with E-state index >= 15 is 0 Å². The lowest BCUT2D eigenvalue weighted by atomic mass is 9.76. The van der Waals surface area contributed by atoms with E-state index in [-0.39, 0.29) is 0 Å². The van der Waals surface area contributed by atoms with Crippen molar-refractivity contribution in [3.05, 3.63) is 0 Å². The van der Waals surface area contributed by atoms with E-state index in [2.05, 4.69) is 17.3 Å². The van der Waals surface area contributed by atoms with Gasteiger partial charge in [0, 0.05) is 31.3 Å². The van der Waals surface area contributed by atoms with E-state index in [0.29, 0.717) is 17.5 Å². The van der Waals surface area contributed by atoms with Crippen LogP contribution < -0.4 is 5.32 Å². The van der Waals surface area contributed by atoms with Crippen LogP contribution in [-0.4, -0.2) is 63.0 Å². The van der Waals surface area contributed by atoms with Crippen LogP contribution in [0.25, 0.3) is 0 Å². The first-order valence-electron chi connectivity index (χ1n) is 8.45. The van der Waals surface area contributed by atoms with Crippen LogP contribution in [0, 0.1) is 5.92 Å². The van der Waals surface area contributed by atoms with Gasteiger partial charge in [-0.3, -0.25) is 4.90 Å². The van der Waals surface area contributed by atoms with Gasteiger partial charge >= 0.3 is 0 Å². The average Bonchev–Trinajstić information content (AvgIpc) is 3.01. The minimum atomic E-state index is 0.351. The zero-order chi connectivity index (χ0) is 13.8. The molecule has 0 aromatic carbocycles. The Morgan fingerprint density at radius 3 is 2.40 bits per heavy atom. The molecule has 2 unspecified atom stereocenters. The zero-order valence-electron chi connectivity index (χ0n) is 12.9. The van der Waals surface area contributed by atoms with E-state index in [0.717, 1.165) is 39.5 Å². The van der Waals surface area contributed by atoms with Crippen molar-refractivity contribution in [2.45, 2.75) is 50.1 Å². The van der Waals surface area contributed by atoms with E-state index in [1.54, 1.807) is 0 Å². The molecule has 0 radical (unpaired) electrons. The van der Waals surface area contributed by atoms with Crippen molar-refractivity contribution < 1.29 is 9.47 Å². The number of hydrogen-bond donors (Lipinski definition) is 1. The van der Waals surface area contributed by atoms with Crippen molar-refractivity contribution >= 4 is 0 Å². The summed E-state index contributed by atoms with van der Waals surface area (Å²) in [6.07, 6.45) is 7.98. The molecule has 3 rings (SSSR count). The molecule has 4 nitrogen and oxygen atoms in total. The van der Waals surface area contributed by atoms with Crippen LogP contribution in [0.1, 0.15) is 38.5 Å². The molecular formula is C16H30N2O2. The molecule has 0 amide bonds. The fourth-order valence-electron chi connectivity index (χ4n) is 4.79. The lowest BCUT2D eigenvalue weighted by molar-refractivity contribution is -0.0595. The third kappa shape index (κ3) is 2.76. The summed E-state index contributed by atoms with van der Waals surface area (Å²) in [4.78, 5) is 2.74. The van der Waals surface area contributed by atoms with Gasteiger partial charge in [-0.1, -0.05) is 12.8 Å². The van der Waals surface area contributed by atoms with Crippen LogP contribution in [0.2, 0.25) is 0 Å². The minimum Gasteiger partial charge on any atom is -0.381 e. The van der Waals surface area contributed by atoms with Crippen molar-refractivity contribution in [1.82, 2.24) is 10.2 Å². The Bertz CT molecular complexity index is 293. The number of ether oxygens (including phenoxy) is 2. The third-order valence-electron chi connectivity index (χ3n) is 5.67. The van der Waals surface area contributed by atoms with Crippen LogP contribution in [0.15, 0.2) is 0 Å². The number of nitrogens with zero attached hydrogens (tertiary/aromatic N) is 1. The molecule has 20 heavy (non-hydrogen) atoms. The second-order valence-electron chi connectivity index (χ2n) is 6.65. The first-order chi connectivity index (χ1) is 9.87. The second-order valence-corrected chi connectivity index (χ2v) is 6.65. The molecule has 2 saturated heterocycles. The molecule has 4 heteroatoms. The Morgan fingerprint density at radius 1 is 1.05 bits per heavy atom. The van der Waals surface area contributed by atoms with Gasteiger partial charge in [0.05, 0.1) is 19.8 Å². The molecule has 0 spiro atoms. The van der Waals surface area contributed by atoms with Gasteiger partial charge in [0.2, 0.25) is 0 Å². The summed E-state index contributed by atoms with van der Waals surface area (Å²) < 4.78 is 11.3. The monoisotopic (exact) mass is 282 g/mol. The van der Waals surface area contributed by atoms with Crippen molar-refractivity contribution in [2.24, 2.45) is 5.92 Å². The lowest BCUT2D eigenvalue weighted by Gasteiger charge is -2.51. The minimum absolute atomic E-state index is 0.351. The molecule has 116 valence electrons. The van der Waals surface area contributed by atoms with Crippen LogP contribution >= 0.6 is 0 Å². The van der Waals surface area contributed by atoms with E-state index in [1.165, 1.54) is 38.5 Å². The predicted octanol–water partition coefficient (Wildman–Crippen LogP) is 1.65. The van der Waals surface area contributed by atoms with Crippen LogP contribution in [0.3, 0.4) is 0 Å². The van der Waals surface area contributed by atoms with Crippen molar-refractivity contribution in [2.75, 3.05) is 46.6 Å². The second kappa shape index (κ2) is 6.73. The van der Waals surface area contributed by atoms with Gasteiger partial charge in [-0.05, 0) is 38.6 Å².